The third kappa shape index (κ3) is 2.07. The van der Waals surface area contributed by atoms with E-state index in [1.165, 1.54) is 22.2 Å². The van der Waals surface area contributed by atoms with Gasteiger partial charge in [-0.25, -0.2) is 4.98 Å². The molecule has 0 radical (unpaired) electrons. The molecule has 0 spiro atoms. The van der Waals surface area contributed by atoms with E-state index >= 15 is 0 Å². The zero-order valence-electron chi connectivity index (χ0n) is 12.4. The quantitative estimate of drug-likeness (QED) is 0.526. The highest BCUT2D eigenvalue weighted by molar-refractivity contribution is 6.34. The van der Waals surface area contributed by atoms with Crippen molar-refractivity contribution in [3.8, 4) is 0 Å². The molecule has 5 heteroatoms. The molecule has 4 rings (SSSR count). The summed E-state index contributed by atoms with van der Waals surface area (Å²) in [5.74, 6) is 0. The fourth-order valence-electron chi connectivity index (χ4n) is 2.86. The van der Waals surface area contributed by atoms with Crippen molar-refractivity contribution in [2.75, 3.05) is 0 Å². The smallest absolute Gasteiger partial charge is 0.139 e. The van der Waals surface area contributed by atoms with Crippen LogP contribution in [0.5, 0.6) is 0 Å². The van der Waals surface area contributed by atoms with E-state index in [2.05, 4.69) is 52.9 Å². The Morgan fingerprint density at radius 3 is 2.86 bits per heavy atom. The van der Waals surface area contributed by atoms with Crippen LogP contribution in [-0.4, -0.2) is 19.3 Å². The van der Waals surface area contributed by atoms with Crippen LogP contribution < -0.4 is 0 Å². The molecule has 22 heavy (non-hydrogen) atoms. The highest BCUT2D eigenvalue weighted by Gasteiger charge is 2.07. The van der Waals surface area contributed by atoms with Gasteiger partial charge in [0.2, 0.25) is 0 Å². The average Bonchev–Trinajstić information content (AvgIpc) is 3.02. The predicted octanol–water partition coefficient (Wildman–Crippen LogP) is 3.93. The second kappa shape index (κ2) is 4.85. The van der Waals surface area contributed by atoms with Gasteiger partial charge in [0.05, 0.1) is 17.4 Å². The number of benzene rings is 1. The summed E-state index contributed by atoms with van der Waals surface area (Å²) in [6.45, 7) is 2.84. The molecule has 0 aliphatic rings. The topological polar surface area (TPSA) is 35.6 Å². The maximum absolute atomic E-state index is 6.10. The molecule has 0 bridgehead atoms. The minimum atomic E-state index is 0.498. The average molecular weight is 311 g/mol. The monoisotopic (exact) mass is 310 g/mol. The summed E-state index contributed by atoms with van der Waals surface area (Å²) in [5, 5.41) is 7.20. The molecule has 0 aliphatic carbocycles. The lowest BCUT2D eigenvalue weighted by Crippen LogP contribution is -1.99. The highest BCUT2D eigenvalue weighted by Crippen LogP contribution is 2.22. The molecule has 0 fully saturated rings. The summed E-state index contributed by atoms with van der Waals surface area (Å²) >= 11 is 6.10. The standard InChI is InChI=1S/C17H15ClN4/c1-11-7-13-8-12(3-4-16(13)21(11)2)9-22-10-14-15(20-22)5-6-19-17(14)18/h3-8,10H,9H2,1-2H3. The summed E-state index contributed by atoms with van der Waals surface area (Å²) in [5.41, 5.74) is 4.60. The predicted molar refractivity (Wildman–Crippen MR) is 89.3 cm³/mol. The summed E-state index contributed by atoms with van der Waals surface area (Å²) in [4.78, 5) is 4.09. The van der Waals surface area contributed by atoms with Crippen molar-refractivity contribution in [1.82, 2.24) is 19.3 Å². The fourth-order valence-corrected chi connectivity index (χ4v) is 3.07. The third-order valence-electron chi connectivity index (χ3n) is 4.12. The molecule has 3 aromatic heterocycles. The van der Waals surface area contributed by atoms with E-state index in [4.69, 9.17) is 11.6 Å². The number of fused-ring (bicyclic) bond motifs is 2. The Hall–Kier alpha value is -2.33. The molecule has 0 saturated heterocycles. The number of rotatable bonds is 2. The lowest BCUT2D eigenvalue weighted by Gasteiger charge is -2.03. The number of aromatic nitrogens is 4. The second-order valence-electron chi connectivity index (χ2n) is 5.60. The zero-order chi connectivity index (χ0) is 15.3. The first kappa shape index (κ1) is 13.3. The van der Waals surface area contributed by atoms with Gasteiger partial charge in [-0.05, 0) is 36.8 Å². The largest absolute Gasteiger partial charge is 0.348 e. The molecule has 4 aromatic rings. The molecule has 1 aromatic carbocycles. The van der Waals surface area contributed by atoms with Gasteiger partial charge in [-0.3, -0.25) is 4.68 Å². The molecule has 0 amide bonds. The Morgan fingerprint density at radius 1 is 1.18 bits per heavy atom. The SMILES string of the molecule is Cc1cc2cc(Cn3cc4c(Cl)nccc4n3)ccc2n1C. The van der Waals surface area contributed by atoms with Gasteiger partial charge in [-0.2, -0.15) is 5.10 Å². The summed E-state index contributed by atoms with van der Waals surface area (Å²) in [6.07, 6.45) is 3.63. The van der Waals surface area contributed by atoms with Crippen molar-refractivity contribution in [2.24, 2.45) is 7.05 Å². The van der Waals surface area contributed by atoms with Crippen molar-refractivity contribution < 1.29 is 0 Å². The Morgan fingerprint density at radius 2 is 2.05 bits per heavy atom. The van der Waals surface area contributed by atoms with Crippen LogP contribution in [0.3, 0.4) is 0 Å². The van der Waals surface area contributed by atoms with E-state index in [-0.39, 0.29) is 0 Å². The normalized spacial score (nSPS) is 11.6. The maximum atomic E-state index is 6.10. The van der Waals surface area contributed by atoms with E-state index in [1.54, 1.807) is 6.20 Å². The summed E-state index contributed by atoms with van der Waals surface area (Å²) in [7, 11) is 2.09. The Bertz CT molecular complexity index is 997. The minimum Gasteiger partial charge on any atom is -0.348 e. The van der Waals surface area contributed by atoms with E-state index in [0.29, 0.717) is 5.15 Å². The van der Waals surface area contributed by atoms with Crippen molar-refractivity contribution >= 4 is 33.4 Å². The number of hydrogen-bond donors (Lipinski definition) is 0. The van der Waals surface area contributed by atoms with Gasteiger partial charge in [0.15, 0.2) is 0 Å². The lowest BCUT2D eigenvalue weighted by molar-refractivity contribution is 0.696. The summed E-state index contributed by atoms with van der Waals surface area (Å²) < 4.78 is 4.11. The van der Waals surface area contributed by atoms with Gasteiger partial charge >= 0.3 is 0 Å². The van der Waals surface area contributed by atoms with Crippen LogP contribution >= 0.6 is 11.6 Å². The molecular weight excluding hydrogens is 296 g/mol. The maximum Gasteiger partial charge on any atom is 0.139 e. The first-order valence-electron chi connectivity index (χ1n) is 7.14. The van der Waals surface area contributed by atoms with E-state index < -0.39 is 0 Å². The number of nitrogens with zero attached hydrogens (tertiary/aromatic N) is 4. The van der Waals surface area contributed by atoms with Gasteiger partial charge in [-0.1, -0.05) is 17.7 Å². The zero-order valence-corrected chi connectivity index (χ0v) is 13.2. The Balaban J connectivity index is 1.74. The molecule has 0 atom stereocenters. The molecular formula is C17H15ClN4. The first-order valence-corrected chi connectivity index (χ1v) is 7.52. The van der Waals surface area contributed by atoms with E-state index in [0.717, 1.165) is 17.4 Å². The van der Waals surface area contributed by atoms with Crippen LogP contribution in [0.15, 0.2) is 42.7 Å². The van der Waals surface area contributed by atoms with Gasteiger partial charge in [-0.15, -0.1) is 0 Å². The number of pyridine rings is 1. The molecule has 0 N–H and O–H groups in total. The Labute approximate surface area is 132 Å². The number of hydrogen-bond acceptors (Lipinski definition) is 2. The van der Waals surface area contributed by atoms with Crippen LogP contribution in [0, 0.1) is 6.92 Å². The van der Waals surface area contributed by atoms with Crippen LogP contribution in [-0.2, 0) is 13.6 Å². The summed E-state index contributed by atoms with van der Waals surface area (Å²) in [6, 6.07) is 10.6. The fraction of sp³-hybridized carbons (Fsp3) is 0.176. The van der Waals surface area contributed by atoms with E-state index in [1.807, 2.05) is 16.9 Å². The number of halogens is 1. The second-order valence-corrected chi connectivity index (χ2v) is 5.96. The van der Waals surface area contributed by atoms with Gasteiger partial charge in [0.25, 0.3) is 0 Å². The van der Waals surface area contributed by atoms with Crippen LogP contribution in [0.1, 0.15) is 11.3 Å². The van der Waals surface area contributed by atoms with Gasteiger partial charge < -0.3 is 4.57 Å². The highest BCUT2D eigenvalue weighted by atomic mass is 35.5. The van der Waals surface area contributed by atoms with Gasteiger partial charge in [0.1, 0.15) is 5.15 Å². The first-order chi connectivity index (χ1) is 10.6. The molecule has 0 unspecified atom stereocenters. The van der Waals surface area contributed by atoms with Crippen molar-refractivity contribution in [2.45, 2.75) is 13.5 Å². The minimum absolute atomic E-state index is 0.498. The third-order valence-corrected chi connectivity index (χ3v) is 4.43. The molecule has 110 valence electrons. The Kier molecular flexibility index (Phi) is 2.94. The van der Waals surface area contributed by atoms with Crippen molar-refractivity contribution in [1.29, 1.82) is 0 Å². The molecule has 3 heterocycles. The van der Waals surface area contributed by atoms with Crippen molar-refractivity contribution in [3.63, 3.8) is 0 Å². The van der Waals surface area contributed by atoms with E-state index in [9.17, 15) is 0 Å². The van der Waals surface area contributed by atoms with Crippen molar-refractivity contribution in [3.05, 3.63) is 59.1 Å². The molecule has 0 saturated carbocycles. The number of aryl methyl sites for hydroxylation is 2. The lowest BCUT2D eigenvalue weighted by atomic mass is 10.1. The van der Waals surface area contributed by atoms with Crippen LogP contribution in [0.4, 0.5) is 0 Å². The van der Waals surface area contributed by atoms with Crippen LogP contribution in [0.25, 0.3) is 21.8 Å². The van der Waals surface area contributed by atoms with Crippen LogP contribution in [0.2, 0.25) is 5.15 Å². The molecule has 4 nitrogen and oxygen atoms in total. The molecule has 0 aliphatic heterocycles. The van der Waals surface area contributed by atoms with Gasteiger partial charge in [0, 0.05) is 36.0 Å².